The maximum Gasteiger partial charge on any atom is 0.310 e. The maximum absolute atomic E-state index is 12.4. The van der Waals surface area contributed by atoms with Crippen molar-refractivity contribution in [1.82, 2.24) is 0 Å². The Bertz CT molecular complexity index is 838. The van der Waals surface area contributed by atoms with Crippen LogP contribution < -0.4 is 0 Å². The van der Waals surface area contributed by atoms with Crippen LogP contribution in [0.3, 0.4) is 0 Å². The zero-order valence-electron chi connectivity index (χ0n) is 23.6. The third-order valence-corrected chi connectivity index (χ3v) is 6.45. The Hall–Kier alpha value is -3.28. The smallest absolute Gasteiger partial charge is 0.310 e. The zero-order valence-corrected chi connectivity index (χ0v) is 23.6. The van der Waals surface area contributed by atoms with Crippen LogP contribution in [0.5, 0.6) is 0 Å². The summed E-state index contributed by atoms with van der Waals surface area (Å²) in [6, 6.07) is 0. The molecule has 2 aliphatic carbocycles. The molecule has 4 atom stereocenters. The van der Waals surface area contributed by atoms with Crippen molar-refractivity contribution in [2.24, 2.45) is 23.7 Å². The van der Waals surface area contributed by atoms with Gasteiger partial charge in [0, 0.05) is 0 Å². The average molecular weight is 579 g/mol. The quantitative estimate of drug-likeness (QED) is 0.0914. The highest BCUT2D eigenvalue weighted by Crippen LogP contribution is 2.29. The van der Waals surface area contributed by atoms with E-state index in [0.717, 1.165) is 0 Å². The Morgan fingerprint density at radius 1 is 0.488 bits per heavy atom. The number of esters is 4. The minimum absolute atomic E-state index is 0.0726. The van der Waals surface area contributed by atoms with Crippen LogP contribution in [0.25, 0.3) is 0 Å². The van der Waals surface area contributed by atoms with Crippen molar-refractivity contribution in [2.45, 2.75) is 25.7 Å². The summed E-state index contributed by atoms with van der Waals surface area (Å²) in [4.78, 5) is 49.3. The topological polar surface area (TPSA) is 133 Å². The summed E-state index contributed by atoms with van der Waals surface area (Å²) < 4.78 is 37.0. The third kappa shape index (κ3) is 12.8. The summed E-state index contributed by atoms with van der Waals surface area (Å²) in [5, 5.41) is 0. The van der Waals surface area contributed by atoms with E-state index in [-0.39, 0.29) is 39.6 Å². The Kier molecular flexibility index (Phi) is 17.0. The standard InChI is InChI=1S/C30H42O11/c1-3-13-38-27(31)23-9-5-7-11-25(23)29(33)40-21-19-36-17-15-35-16-18-37-20-22-41-30(34)26-12-8-6-10-24(26)28(32)39-14-4-2/h3-8,23-26H,1-2,9-22H2/t23-,24+,25+,26-. The van der Waals surface area contributed by atoms with Gasteiger partial charge >= 0.3 is 23.9 Å². The predicted octanol–water partition coefficient (Wildman–Crippen LogP) is 2.75. The summed E-state index contributed by atoms with van der Waals surface area (Å²) >= 11 is 0. The average Bonchev–Trinajstić information content (AvgIpc) is 3.00. The minimum atomic E-state index is -0.573. The molecule has 2 rings (SSSR count). The highest BCUT2D eigenvalue weighted by atomic mass is 16.6. The number of ether oxygens (including phenoxy) is 7. The molecule has 41 heavy (non-hydrogen) atoms. The van der Waals surface area contributed by atoms with Gasteiger partial charge in [-0.3, -0.25) is 19.2 Å². The molecule has 11 nitrogen and oxygen atoms in total. The zero-order chi connectivity index (χ0) is 29.7. The van der Waals surface area contributed by atoms with Crippen LogP contribution in [0.15, 0.2) is 49.6 Å². The third-order valence-electron chi connectivity index (χ3n) is 6.45. The lowest BCUT2D eigenvalue weighted by molar-refractivity contribution is -0.161. The first-order valence-electron chi connectivity index (χ1n) is 13.9. The Labute approximate surface area is 241 Å². The summed E-state index contributed by atoms with van der Waals surface area (Å²) in [5.41, 5.74) is 0. The van der Waals surface area contributed by atoms with E-state index in [2.05, 4.69) is 13.2 Å². The van der Waals surface area contributed by atoms with E-state index >= 15 is 0 Å². The molecule has 0 unspecified atom stereocenters. The lowest BCUT2D eigenvalue weighted by Crippen LogP contribution is -2.34. The van der Waals surface area contributed by atoms with Crippen molar-refractivity contribution >= 4 is 23.9 Å². The second-order valence-corrected chi connectivity index (χ2v) is 9.32. The van der Waals surface area contributed by atoms with Gasteiger partial charge in [-0.2, -0.15) is 0 Å². The molecule has 228 valence electrons. The van der Waals surface area contributed by atoms with E-state index < -0.39 is 47.5 Å². The molecule has 0 saturated heterocycles. The second-order valence-electron chi connectivity index (χ2n) is 9.32. The van der Waals surface area contributed by atoms with E-state index in [1.54, 1.807) is 0 Å². The van der Waals surface area contributed by atoms with Gasteiger partial charge in [0.05, 0.1) is 63.3 Å². The van der Waals surface area contributed by atoms with Crippen LogP contribution in [0, 0.1) is 23.7 Å². The Morgan fingerprint density at radius 3 is 1.05 bits per heavy atom. The molecule has 0 aliphatic heterocycles. The van der Waals surface area contributed by atoms with Gasteiger partial charge in [-0.15, -0.1) is 0 Å². The van der Waals surface area contributed by atoms with Gasteiger partial charge in [-0.1, -0.05) is 49.6 Å². The highest BCUT2D eigenvalue weighted by Gasteiger charge is 2.37. The molecule has 0 aromatic rings. The van der Waals surface area contributed by atoms with Crippen molar-refractivity contribution < 1.29 is 52.3 Å². The number of carbonyl (C=O) groups is 4. The molecule has 0 aromatic carbocycles. The van der Waals surface area contributed by atoms with Gasteiger partial charge in [0.25, 0.3) is 0 Å². The fraction of sp³-hybridized carbons (Fsp3) is 0.600. The van der Waals surface area contributed by atoms with E-state index in [0.29, 0.717) is 52.1 Å². The molecule has 2 aliphatic rings. The molecule has 0 N–H and O–H groups in total. The number of hydrogen-bond donors (Lipinski definition) is 0. The van der Waals surface area contributed by atoms with Gasteiger partial charge in [0.1, 0.15) is 26.4 Å². The van der Waals surface area contributed by atoms with Gasteiger partial charge < -0.3 is 33.2 Å². The number of hydrogen-bond acceptors (Lipinski definition) is 11. The van der Waals surface area contributed by atoms with E-state index in [9.17, 15) is 19.2 Å². The SMILES string of the molecule is C=CCOC(=O)[C@H]1CC=CC[C@H]1C(=O)OCCOCCOCCOCCOC(=O)[C@H]1CC=CC[C@H]1C(=O)OCC=C. The molecule has 0 aromatic heterocycles. The molecule has 11 heteroatoms. The predicted molar refractivity (Wildman–Crippen MR) is 147 cm³/mol. The van der Waals surface area contributed by atoms with Crippen molar-refractivity contribution in [2.75, 3.05) is 66.1 Å². The van der Waals surface area contributed by atoms with Crippen LogP contribution in [-0.2, 0) is 52.3 Å². The first-order chi connectivity index (χ1) is 20.0. The number of rotatable bonds is 20. The van der Waals surface area contributed by atoms with E-state index in [1.807, 2.05) is 24.3 Å². The number of allylic oxidation sites excluding steroid dienone is 4. The lowest BCUT2D eigenvalue weighted by atomic mass is 9.83. The first kappa shape index (κ1) is 33.9. The minimum Gasteiger partial charge on any atom is -0.463 e. The molecule has 0 spiro atoms. The Morgan fingerprint density at radius 2 is 0.756 bits per heavy atom. The molecule has 0 heterocycles. The van der Waals surface area contributed by atoms with Crippen LogP contribution in [-0.4, -0.2) is 89.9 Å². The molecular weight excluding hydrogens is 536 g/mol. The molecular formula is C30H42O11. The molecule has 0 amide bonds. The molecule has 0 bridgehead atoms. The van der Waals surface area contributed by atoms with Crippen molar-refractivity contribution in [3.63, 3.8) is 0 Å². The molecule has 0 fully saturated rings. The van der Waals surface area contributed by atoms with Crippen molar-refractivity contribution in [3.8, 4) is 0 Å². The lowest BCUT2D eigenvalue weighted by Gasteiger charge is -2.25. The second kappa shape index (κ2) is 20.6. The van der Waals surface area contributed by atoms with Crippen molar-refractivity contribution in [3.05, 3.63) is 49.6 Å². The normalized spacial score (nSPS) is 21.5. The van der Waals surface area contributed by atoms with E-state index in [4.69, 9.17) is 33.2 Å². The fourth-order valence-corrected chi connectivity index (χ4v) is 4.32. The monoisotopic (exact) mass is 578 g/mol. The first-order valence-corrected chi connectivity index (χ1v) is 13.9. The number of carbonyl (C=O) groups excluding carboxylic acids is 4. The van der Waals surface area contributed by atoms with Crippen LogP contribution in [0.2, 0.25) is 0 Å². The Balaban J connectivity index is 1.46. The summed E-state index contributed by atoms with van der Waals surface area (Å²) in [5.74, 6) is -4.01. The van der Waals surface area contributed by atoms with Gasteiger partial charge in [0.15, 0.2) is 0 Å². The highest BCUT2D eigenvalue weighted by molar-refractivity contribution is 5.83. The van der Waals surface area contributed by atoms with Crippen LogP contribution >= 0.6 is 0 Å². The van der Waals surface area contributed by atoms with Gasteiger partial charge in [-0.25, -0.2) is 0 Å². The largest absolute Gasteiger partial charge is 0.463 e. The van der Waals surface area contributed by atoms with Gasteiger partial charge in [0.2, 0.25) is 0 Å². The van der Waals surface area contributed by atoms with Crippen LogP contribution in [0.4, 0.5) is 0 Å². The van der Waals surface area contributed by atoms with Crippen LogP contribution in [0.1, 0.15) is 25.7 Å². The molecule has 0 radical (unpaired) electrons. The van der Waals surface area contributed by atoms with Gasteiger partial charge in [-0.05, 0) is 25.7 Å². The maximum atomic E-state index is 12.4. The summed E-state index contributed by atoms with van der Waals surface area (Å²) in [6.07, 6.45) is 12.2. The fourth-order valence-electron chi connectivity index (χ4n) is 4.32. The molecule has 0 saturated carbocycles. The summed E-state index contributed by atoms with van der Waals surface area (Å²) in [7, 11) is 0. The summed E-state index contributed by atoms with van der Waals surface area (Å²) in [6.45, 7) is 9.08. The van der Waals surface area contributed by atoms with Crippen molar-refractivity contribution in [1.29, 1.82) is 0 Å². The van der Waals surface area contributed by atoms with E-state index in [1.165, 1.54) is 12.2 Å².